The fourth-order valence-electron chi connectivity index (χ4n) is 2.45. The normalized spacial score (nSPS) is 8.55. The average Bonchev–Trinajstić information content (AvgIpc) is 2.80. The zero-order chi connectivity index (χ0) is 20.9. The average molecular weight is 373 g/mol. The molecule has 5 heteroatoms. The number of rotatable bonds is 3. The lowest BCUT2D eigenvalue weighted by Gasteiger charge is -2.25. The lowest BCUT2D eigenvalue weighted by molar-refractivity contribution is 1.28. The van der Waals surface area contributed by atoms with Crippen molar-refractivity contribution in [2.24, 2.45) is 0 Å². The van der Waals surface area contributed by atoms with Crippen LogP contribution in [-0.4, -0.2) is 0 Å². The number of allylic oxidation sites excluding steroid dienone is 2. The Kier molecular flexibility index (Phi) is 7.76. The van der Waals surface area contributed by atoms with Crippen LogP contribution in [0.15, 0.2) is 102 Å². The van der Waals surface area contributed by atoms with Gasteiger partial charge in [0.05, 0.1) is 0 Å². The molecule has 3 aromatic carbocycles. The summed E-state index contributed by atoms with van der Waals surface area (Å²) in [7, 11) is 0. The number of anilines is 3. The van der Waals surface area contributed by atoms with Crippen LogP contribution in [0.1, 0.15) is 0 Å². The number of para-hydroxylation sites is 3. The Morgan fingerprint density at radius 3 is 0.897 bits per heavy atom. The van der Waals surface area contributed by atoms with E-state index in [0.717, 1.165) is 0 Å². The SMILES string of the molecule is N#CC(C#N)=C(C#N)C#N.c1ccc(N(c2ccccc2)c2ccccc2)cc1. The maximum Gasteiger partial charge on any atom is 0.158 e. The van der Waals surface area contributed by atoms with Crippen LogP contribution in [0.5, 0.6) is 0 Å². The molecule has 0 N–H and O–H groups in total. The number of hydrogen-bond donors (Lipinski definition) is 0. The van der Waals surface area contributed by atoms with Crippen LogP contribution >= 0.6 is 0 Å². The van der Waals surface area contributed by atoms with E-state index in [4.69, 9.17) is 21.0 Å². The van der Waals surface area contributed by atoms with Gasteiger partial charge in [-0.3, -0.25) is 0 Å². The predicted molar refractivity (Wildman–Crippen MR) is 111 cm³/mol. The first kappa shape index (κ1) is 20.5. The van der Waals surface area contributed by atoms with Crippen molar-refractivity contribution in [3.05, 3.63) is 102 Å². The predicted octanol–water partition coefficient (Wildman–Crippen LogP) is 5.53. The van der Waals surface area contributed by atoms with Crippen LogP contribution < -0.4 is 4.90 Å². The van der Waals surface area contributed by atoms with Gasteiger partial charge >= 0.3 is 0 Å². The highest BCUT2D eigenvalue weighted by atomic mass is 15.1. The Bertz CT molecular complexity index is 964. The summed E-state index contributed by atoms with van der Waals surface area (Å²) in [5.74, 6) is 0. The zero-order valence-electron chi connectivity index (χ0n) is 15.4. The van der Waals surface area contributed by atoms with Crippen LogP contribution in [-0.2, 0) is 0 Å². The molecule has 136 valence electrons. The molecule has 0 radical (unpaired) electrons. The van der Waals surface area contributed by atoms with Crippen molar-refractivity contribution in [3.8, 4) is 24.3 Å². The summed E-state index contributed by atoms with van der Waals surface area (Å²) < 4.78 is 0. The van der Waals surface area contributed by atoms with Gasteiger partial charge in [0.15, 0.2) is 11.1 Å². The molecule has 29 heavy (non-hydrogen) atoms. The van der Waals surface area contributed by atoms with Crippen LogP contribution in [0.4, 0.5) is 17.1 Å². The van der Waals surface area contributed by atoms with Gasteiger partial charge in [0.1, 0.15) is 24.3 Å². The molecular formula is C24H15N5. The first-order valence-corrected chi connectivity index (χ1v) is 8.55. The van der Waals surface area contributed by atoms with Crippen molar-refractivity contribution in [1.29, 1.82) is 21.0 Å². The molecule has 0 heterocycles. The molecular weight excluding hydrogens is 358 g/mol. The summed E-state index contributed by atoms with van der Waals surface area (Å²) in [5.41, 5.74) is 2.62. The summed E-state index contributed by atoms with van der Waals surface area (Å²) in [6.07, 6.45) is 0. The molecule has 0 bridgehead atoms. The smallest absolute Gasteiger partial charge is 0.158 e. The first-order valence-electron chi connectivity index (χ1n) is 8.55. The number of benzene rings is 3. The fourth-order valence-corrected chi connectivity index (χ4v) is 2.45. The second-order valence-corrected chi connectivity index (χ2v) is 5.54. The maximum atomic E-state index is 8.13. The number of nitriles is 4. The molecule has 5 nitrogen and oxygen atoms in total. The minimum absolute atomic E-state index is 0.440. The maximum absolute atomic E-state index is 8.13. The van der Waals surface area contributed by atoms with Crippen molar-refractivity contribution in [2.75, 3.05) is 4.90 Å². The molecule has 0 amide bonds. The van der Waals surface area contributed by atoms with E-state index in [9.17, 15) is 0 Å². The summed E-state index contributed by atoms with van der Waals surface area (Å²) in [6, 6.07) is 37.0. The summed E-state index contributed by atoms with van der Waals surface area (Å²) in [5, 5.41) is 32.5. The van der Waals surface area contributed by atoms with Crippen LogP contribution in [0.2, 0.25) is 0 Å². The topological polar surface area (TPSA) is 98.4 Å². The van der Waals surface area contributed by atoms with Gasteiger partial charge in [-0.2, -0.15) is 21.0 Å². The highest BCUT2D eigenvalue weighted by Gasteiger charge is 2.10. The molecule has 0 unspecified atom stereocenters. The minimum atomic E-state index is -0.440. The molecule has 0 fully saturated rings. The van der Waals surface area contributed by atoms with Gasteiger partial charge in [0.25, 0.3) is 0 Å². The van der Waals surface area contributed by atoms with Gasteiger partial charge in [-0.05, 0) is 36.4 Å². The highest BCUT2D eigenvalue weighted by Crippen LogP contribution is 2.33. The van der Waals surface area contributed by atoms with Crippen molar-refractivity contribution in [1.82, 2.24) is 0 Å². The third kappa shape index (κ3) is 5.57. The highest BCUT2D eigenvalue weighted by molar-refractivity contribution is 5.76. The van der Waals surface area contributed by atoms with Crippen molar-refractivity contribution in [2.45, 2.75) is 0 Å². The van der Waals surface area contributed by atoms with E-state index in [1.165, 1.54) is 41.3 Å². The standard InChI is InChI=1S/C18H15N.C6N4/c1-4-10-16(11-5-1)19(17-12-6-2-7-13-17)18-14-8-3-9-15-18;7-1-5(2-8)6(3-9)4-10/h1-15H;. The Morgan fingerprint density at radius 2 is 0.690 bits per heavy atom. The van der Waals surface area contributed by atoms with E-state index in [1.807, 2.05) is 18.2 Å². The molecule has 0 spiro atoms. The van der Waals surface area contributed by atoms with Crippen LogP contribution in [0, 0.1) is 45.3 Å². The van der Waals surface area contributed by atoms with Crippen molar-refractivity contribution < 1.29 is 0 Å². The summed E-state index contributed by atoms with van der Waals surface area (Å²) in [6.45, 7) is 0. The van der Waals surface area contributed by atoms with Gasteiger partial charge in [0, 0.05) is 17.1 Å². The molecule has 0 aliphatic heterocycles. The second-order valence-electron chi connectivity index (χ2n) is 5.54. The van der Waals surface area contributed by atoms with Crippen molar-refractivity contribution >= 4 is 17.1 Å². The third-order valence-electron chi connectivity index (χ3n) is 3.74. The van der Waals surface area contributed by atoms with Gasteiger partial charge in [-0.1, -0.05) is 54.6 Å². The molecule has 0 aliphatic carbocycles. The molecule has 3 aromatic rings. The molecule has 0 saturated carbocycles. The van der Waals surface area contributed by atoms with E-state index in [-0.39, 0.29) is 0 Å². The van der Waals surface area contributed by atoms with Gasteiger partial charge < -0.3 is 4.90 Å². The summed E-state index contributed by atoms with van der Waals surface area (Å²) in [4.78, 5) is 2.25. The molecule has 0 aliphatic rings. The van der Waals surface area contributed by atoms with E-state index in [0.29, 0.717) is 0 Å². The van der Waals surface area contributed by atoms with Crippen LogP contribution in [0.3, 0.4) is 0 Å². The van der Waals surface area contributed by atoms with E-state index >= 15 is 0 Å². The Balaban J connectivity index is 0.000000257. The quantitative estimate of drug-likeness (QED) is 0.562. The monoisotopic (exact) mass is 373 g/mol. The van der Waals surface area contributed by atoms with Crippen molar-refractivity contribution in [3.63, 3.8) is 0 Å². The lowest BCUT2D eigenvalue weighted by atomic mass is 10.2. The lowest BCUT2D eigenvalue weighted by Crippen LogP contribution is -2.09. The van der Waals surface area contributed by atoms with Crippen LogP contribution in [0.25, 0.3) is 0 Å². The Hall–Kier alpha value is -4.84. The minimum Gasteiger partial charge on any atom is -0.311 e. The second kappa shape index (κ2) is 11.0. The van der Waals surface area contributed by atoms with E-state index in [1.54, 1.807) is 0 Å². The zero-order valence-corrected chi connectivity index (χ0v) is 15.4. The Morgan fingerprint density at radius 1 is 0.448 bits per heavy atom. The third-order valence-corrected chi connectivity index (χ3v) is 3.74. The van der Waals surface area contributed by atoms with Gasteiger partial charge in [-0.25, -0.2) is 0 Å². The van der Waals surface area contributed by atoms with E-state index < -0.39 is 11.1 Å². The fraction of sp³-hybridized carbons (Fsp3) is 0. The molecule has 0 atom stereocenters. The number of hydrogen-bond acceptors (Lipinski definition) is 5. The van der Waals surface area contributed by atoms with E-state index in [2.05, 4.69) is 77.7 Å². The largest absolute Gasteiger partial charge is 0.311 e. The van der Waals surface area contributed by atoms with Gasteiger partial charge in [0.2, 0.25) is 0 Å². The Labute approximate surface area is 169 Å². The first-order chi connectivity index (χ1) is 14.2. The molecule has 0 aromatic heterocycles. The van der Waals surface area contributed by atoms with Gasteiger partial charge in [-0.15, -0.1) is 0 Å². The summed E-state index contributed by atoms with van der Waals surface area (Å²) >= 11 is 0. The molecule has 3 rings (SSSR count). The number of nitrogens with zero attached hydrogens (tertiary/aromatic N) is 5. The molecule has 0 saturated heterocycles.